The average Bonchev–Trinajstić information content (AvgIpc) is 2.20. The van der Waals surface area contributed by atoms with Gasteiger partial charge in [-0.1, -0.05) is 0 Å². The van der Waals surface area contributed by atoms with Crippen LogP contribution in [0.5, 0.6) is 0 Å². The van der Waals surface area contributed by atoms with E-state index in [0.717, 1.165) is 26.2 Å². The van der Waals surface area contributed by atoms with Crippen LogP contribution < -0.4 is 5.32 Å². The Morgan fingerprint density at radius 3 is 2.31 bits per heavy atom. The van der Waals surface area contributed by atoms with Crippen LogP contribution in [0.1, 0.15) is 34.1 Å². The highest BCUT2D eigenvalue weighted by atomic mass is 15.3. The molecule has 0 aliphatic carbocycles. The number of hydrogen-bond acceptors (Lipinski definition) is 3. The molecule has 1 saturated heterocycles. The van der Waals surface area contributed by atoms with Gasteiger partial charge in [0.15, 0.2) is 0 Å². The fraction of sp³-hybridized carbons (Fsp3) is 1.00. The predicted molar refractivity (Wildman–Crippen MR) is 70.9 cm³/mol. The lowest BCUT2D eigenvalue weighted by atomic mass is 9.92. The molecule has 0 atom stereocenters. The molecule has 0 spiro atoms. The number of likely N-dealkylation sites (N-methyl/N-ethyl adjacent to an activating group) is 1. The van der Waals surface area contributed by atoms with E-state index in [1.165, 1.54) is 6.42 Å². The Morgan fingerprint density at radius 2 is 1.75 bits per heavy atom. The largest absolute Gasteiger partial charge is 0.315 e. The minimum Gasteiger partial charge on any atom is -0.315 e. The molecular weight excluding hydrogens is 198 g/mol. The summed E-state index contributed by atoms with van der Waals surface area (Å²) in [6.45, 7) is 13.9. The number of nitrogens with zero attached hydrogens (tertiary/aromatic N) is 2. The molecule has 1 rings (SSSR count). The van der Waals surface area contributed by atoms with E-state index >= 15 is 0 Å². The minimum atomic E-state index is 0.246. The molecule has 0 aromatic heterocycles. The van der Waals surface area contributed by atoms with Crippen LogP contribution in [0, 0.1) is 0 Å². The summed E-state index contributed by atoms with van der Waals surface area (Å²) in [6.07, 6.45) is 1.23. The third-order valence-corrected chi connectivity index (χ3v) is 3.70. The average molecular weight is 227 g/mol. The highest BCUT2D eigenvalue weighted by molar-refractivity contribution is 4.96. The quantitative estimate of drug-likeness (QED) is 0.786. The molecular formula is C13H29N3. The summed E-state index contributed by atoms with van der Waals surface area (Å²) < 4.78 is 0. The van der Waals surface area contributed by atoms with Crippen molar-refractivity contribution in [2.75, 3.05) is 40.3 Å². The zero-order valence-corrected chi connectivity index (χ0v) is 11.9. The van der Waals surface area contributed by atoms with Gasteiger partial charge in [-0.25, -0.2) is 0 Å². The Bertz CT molecular complexity index is 203. The summed E-state index contributed by atoms with van der Waals surface area (Å²) in [7, 11) is 4.30. The molecule has 1 fully saturated rings. The van der Waals surface area contributed by atoms with Crippen LogP contribution in [0.3, 0.4) is 0 Å². The summed E-state index contributed by atoms with van der Waals surface area (Å²) in [6, 6.07) is 0. The molecule has 0 aromatic rings. The molecule has 0 aromatic carbocycles. The topological polar surface area (TPSA) is 18.5 Å². The molecule has 1 aliphatic heterocycles. The Labute approximate surface area is 101 Å². The zero-order chi connectivity index (χ0) is 12.4. The van der Waals surface area contributed by atoms with E-state index in [1.807, 2.05) is 0 Å². The van der Waals surface area contributed by atoms with Crippen LogP contribution in [-0.4, -0.2) is 61.2 Å². The molecule has 1 aliphatic rings. The van der Waals surface area contributed by atoms with Gasteiger partial charge in [0.25, 0.3) is 0 Å². The highest BCUT2D eigenvalue weighted by Crippen LogP contribution is 2.29. The van der Waals surface area contributed by atoms with Crippen molar-refractivity contribution in [3.05, 3.63) is 0 Å². The lowest BCUT2D eigenvalue weighted by molar-refractivity contribution is 0.0225. The molecule has 16 heavy (non-hydrogen) atoms. The Hall–Kier alpha value is -0.120. The van der Waals surface area contributed by atoms with Crippen molar-refractivity contribution < 1.29 is 0 Å². The summed E-state index contributed by atoms with van der Waals surface area (Å²) in [5.74, 6) is 0. The minimum absolute atomic E-state index is 0.246. The molecule has 3 heteroatoms. The van der Waals surface area contributed by atoms with Crippen molar-refractivity contribution in [3.8, 4) is 0 Å². The summed E-state index contributed by atoms with van der Waals surface area (Å²) in [5.41, 5.74) is 0.541. The normalized spacial score (nSPS) is 25.7. The van der Waals surface area contributed by atoms with Crippen molar-refractivity contribution >= 4 is 0 Å². The van der Waals surface area contributed by atoms with Gasteiger partial charge < -0.3 is 10.2 Å². The van der Waals surface area contributed by atoms with Gasteiger partial charge in [-0.05, 0) is 54.8 Å². The molecule has 0 radical (unpaired) electrons. The van der Waals surface area contributed by atoms with E-state index in [2.05, 4.69) is 56.9 Å². The SMILES string of the molecule is CN(C)CCN1C(C)(C)CCNCC1(C)C. The van der Waals surface area contributed by atoms with Crippen LogP contribution >= 0.6 is 0 Å². The first kappa shape index (κ1) is 13.9. The molecule has 3 nitrogen and oxygen atoms in total. The van der Waals surface area contributed by atoms with E-state index in [-0.39, 0.29) is 5.54 Å². The van der Waals surface area contributed by atoms with Gasteiger partial charge in [0.2, 0.25) is 0 Å². The number of nitrogens with one attached hydrogen (secondary N) is 1. The highest BCUT2D eigenvalue weighted by Gasteiger charge is 2.38. The molecule has 0 saturated carbocycles. The fourth-order valence-electron chi connectivity index (χ4n) is 2.74. The Balaban J connectivity index is 2.77. The van der Waals surface area contributed by atoms with Crippen LogP contribution in [0.2, 0.25) is 0 Å². The third-order valence-electron chi connectivity index (χ3n) is 3.70. The first-order valence-electron chi connectivity index (χ1n) is 6.39. The van der Waals surface area contributed by atoms with Gasteiger partial charge in [0.1, 0.15) is 0 Å². The van der Waals surface area contributed by atoms with Crippen LogP contribution in [0.4, 0.5) is 0 Å². The van der Waals surface area contributed by atoms with E-state index in [9.17, 15) is 0 Å². The van der Waals surface area contributed by atoms with Crippen LogP contribution in [0.25, 0.3) is 0 Å². The lowest BCUT2D eigenvalue weighted by Gasteiger charge is -2.47. The summed E-state index contributed by atoms with van der Waals surface area (Å²) in [5, 5.41) is 3.56. The van der Waals surface area contributed by atoms with Gasteiger partial charge in [0.05, 0.1) is 0 Å². The lowest BCUT2D eigenvalue weighted by Crippen LogP contribution is -2.58. The van der Waals surface area contributed by atoms with E-state index in [4.69, 9.17) is 0 Å². The second-order valence-corrected chi connectivity index (χ2v) is 6.51. The Morgan fingerprint density at radius 1 is 1.12 bits per heavy atom. The molecule has 1 N–H and O–H groups in total. The summed E-state index contributed by atoms with van der Waals surface area (Å²) in [4.78, 5) is 4.94. The maximum Gasteiger partial charge on any atom is 0.0283 e. The third kappa shape index (κ3) is 3.44. The van der Waals surface area contributed by atoms with Gasteiger partial charge in [-0.3, -0.25) is 4.90 Å². The maximum atomic E-state index is 3.56. The number of rotatable bonds is 3. The molecule has 0 amide bonds. The van der Waals surface area contributed by atoms with Crippen molar-refractivity contribution in [1.82, 2.24) is 15.1 Å². The Kier molecular flexibility index (Phi) is 4.38. The van der Waals surface area contributed by atoms with Gasteiger partial charge >= 0.3 is 0 Å². The van der Waals surface area contributed by atoms with Crippen molar-refractivity contribution in [1.29, 1.82) is 0 Å². The van der Waals surface area contributed by atoms with Gasteiger partial charge in [0, 0.05) is 30.7 Å². The molecule has 0 unspecified atom stereocenters. The maximum absolute atomic E-state index is 3.56. The first-order chi connectivity index (χ1) is 7.26. The van der Waals surface area contributed by atoms with Crippen molar-refractivity contribution in [2.45, 2.75) is 45.2 Å². The molecule has 1 heterocycles. The second kappa shape index (κ2) is 5.03. The van der Waals surface area contributed by atoms with Crippen molar-refractivity contribution in [3.63, 3.8) is 0 Å². The summed E-state index contributed by atoms with van der Waals surface area (Å²) >= 11 is 0. The fourth-order valence-corrected chi connectivity index (χ4v) is 2.74. The zero-order valence-electron chi connectivity index (χ0n) is 11.9. The first-order valence-corrected chi connectivity index (χ1v) is 6.39. The molecule has 0 bridgehead atoms. The van der Waals surface area contributed by atoms with Crippen LogP contribution in [0.15, 0.2) is 0 Å². The van der Waals surface area contributed by atoms with Gasteiger partial charge in [-0.15, -0.1) is 0 Å². The smallest absolute Gasteiger partial charge is 0.0283 e. The van der Waals surface area contributed by atoms with Gasteiger partial charge in [-0.2, -0.15) is 0 Å². The number of hydrogen-bond donors (Lipinski definition) is 1. The standard InChI is InChI=1S/C13H29N3/c1-12(2)7-8-14-11-13(3,4)16(12)10-9-15(5)6/h14H,7-11H2,1-6H3. The second-order valence-electron chi connectivity index (χ2n) is 6.51. The van der Waals surface area contributed by atoms with Crippen molar-refractivity contribution in [2.24, 2.45) is 0 Å². The van der Waals surface area contributed by atoms with E-state index < -0.39 is 0 Å². The monoisotopic (exact) mass is 227 g/mol. The van der Waals surface area contributed by atoms with Crippen LogP contribution in [-0.2, 0) is 0 Å². The predicted octanol–water partition coefficient (Wildman–Crippen LogP) is 1.40. The van der Waals surface area contributed by atoms with E-state index in [1.54, 1.807) is 0 Å². The van der Waals surface area contributed by atoms with E-state index in [0.29, 0.717) is 5.54 Å². The molecule has 96 valence electrons.